The van der Waals surface area contributed by atoms with Gasteiger partial charge >= 0.3 is 0 Å². The van der Waals surface area contributed by atoms with Crippen LogP contribution in [0.4, 0.5) is 0 Å². The first-order chi connectivity index (χ1) is 6.88. The highest BCUT2D eigenvalue weighted by molar-refractivity contribution is 5.87. The lowest BCUT2D eigenvalue weighted by Gasteiger charge is -2.25. The van der Waals surface area contributed by atoms with E-state index >= 15 is 0 Å². The molecule has 5 nitrogen and oxygen atoms in total. The number of amides is 2. The Morgan fingerprint density at radius 1 is 1.33 bits per heavy atom. The molecule has 0 aliphatic heterocycles. The quantitative estimate of drug-likeness (QED) is 0.637. The number of carbonyl (C=O) groups excluding carboxylic acids is 2. The predicted octanol–water partition coefficient (Wildman–Crippen LogP) is -0.306. The van der Waals surface area contributed by atoms with E-state index in [1.165, 1.54) is 0 Å². The van der Waals surface area contributed by atoms with Gasteiger partial charge in [0, 0.05) is 13.1 Å². The highest BCUT2D eigenvalue weighted by atomic mass is 16.2. The summed E-state index contributed by atoms with van der Waals surface area (Å²) >= 11 is 0. The third-order valence-electron chi connectivity index (χ3n) is 2.02. The second-order valence-corrected chi connectivity index (χ2v) is 4.05. The fourth-order valence-electron chi connectivity index (χ4n) is 1.35. The van der Waals surface area contributed by atoms with Crippen LogP contribution < -0.4 is 11.5 Å². The number of likely N-dealkylation sites (N-methyl/N-ethyl adjacent to an activating group) is 1. The molecular weight excluding hydrogens is 194 g/mol. The number of hydrogen-bond donors (Lipinski definition) is 2. The Kier molecular flexibility index (Phi) is 5.93. The third-order valence-corrected chi connectivity index (χ3v) is 2.02. The summed E-state index contributed by atoms with van der Waals surface area (Å²) in [6.45, 7) is 7.19. The Bertz CT molecular complexity index is 229. The molecule has 0 spiro atoms. The van der Waals surface area contributed by atoms with Crippen LogP contribution in [-0.2, 0) is 9.59 Å². The SMILES string of the molecule is CCN(CC(C)C)C(=O)C(N)CC(N)=O. The van der Waals surface area contributed by atoms with Crippen LogP contribution in [0.15, 0.2) is 0 Å². The Morgan fingerprint density at radius 2 is 1.87 bits per heavy atom. The predicted molar refractivity (Wildman–Crippen MR) is 58.9 cm³/mol. The van der Waals surface area contributed by atoms with E-state index in [1.54, 1.807) is 4.90 Å². The minimum Gasteiger partial charge on any atom is -0.370 e. The van der Waals surface area contributed by atoms with E-state index < -0.39 is 11.9 Å². The van der Waals surface area contributed by atoms with Crippen molar-refractivity contribution in [2.45, 2.75) is 33.2 Å². The second kappa shape index (κ2) is 6.40. The van der Waals surface area contributed by atoms with Gasteiger partial charge in [0.2, 0.25) is 11.8 Å². The average molecular weight is 215 g/mol. The molecule has 0 rings (SSSR count). The van der Waals surface area contributed by atoms with Gasteiger partial charge < -0.3 is 16.4 Å². The first-order valence-electron chi connectivity index (χ1n) is 5.21. The molecule has 0 aromatic heterocycles. The van der Waals surface area contributed by atoms with E-state index in [9.17, 15) is 9.59 Å². The van der Waals surface area contributed by atoms with Crippen molar-refractivity contribution in [3.63, 3.8) is 0 Å². The molecule has 0 aliphatic rings. The summed E-state index contributed by atoms with van der Waals surface area (Å²) in [5, 5.41) is 0. The minimum absolute atomic E-state index is 0.0899. The minimum atomic E-state index is -0.804. The van der Waals surface area contributed by atoms with E-state index in [4.69, 9.17) is 11.5 Å². The highest BCUT2D eigenvalue weighted by Crippen LogP contribution is 2.02. The smallest absolute Gasteiger partial charge is 0.240 e. The van der Waals surface area contributed by atoms with Crippen molar-refractivity contribution in [1.82, 2.24) is 4.90 Å². The summed E-state index contributed by atoms with van der Waals surface area (Å²) in [7, 11) is 0. The molecule has 0 fully saturated rings. The van der Waals surface area contributed by atoms with Gasteiger partial charge in [0.1, 0.15) is 0 Å². The van der Waals surface area contributed by atoms with Gasteiger partial charge in [-0.3, -0.25) is 9.59 Å². The Hall–Kier alpha value is -1.10. The van der Waals surface area contributed by atoms with E-state index in [-0.39, 0.29) is 12.3 Å². The number of nitrogens with zero attached hydrogens (tertiary/aromatic N) is 1. The number of rotatable bonds is 6. The number of hydrogen-bond acceptors (Lipinski definition) is 3. The molecular formula is C10H21N3O2. The van der Waals surface area contributed by atoms with Gasteiger partial charge in [-0.15, -0.1) is 0 Å². The largest absolute Gasteiger partial charge is 0.370 e. The van der Waals surface area contributed by atoms with Crippen molar-refractivity contribution in [3.05, 3.63) is 0 Å². The molecule has 0 heterocycles. The maximum Gasteiger partial charge on any atom is 0.240 e. The first kappa shape index (κ1) is 13.9. The zero-order valence-electron chi connectivity index (χ0n) is 9.69. The lowest BCUT2D eigenvalue weighted by atomic mass is 10.1. The lowest BCUT2D eigenvalue weighted by molar-refractivity contribution is -0.134. The standard InChI is InChI=1S/C10H21N3O2/c1-4-13(6-7(2)3)10(15)8(11)5-9(12)14/h7-8H,4-6,11H2,1-3H3,(H2,12,14). The maximum atomic E-state index is 11.7. The Labute approximate surface area is 90.8 Å². The van der Waals surface area contributed by atoms with Gasteiger partial charge in [0.25, 0.3) is 0 Å². The van der Waals surface area contributed by atoms with Gasteiger partial charge in [-0.25, -0.2) is 0 Å². The molecule has 4 N–H and O–H groups in total. The molecule has 0 saturated carbocycles. The van der Waals surface area contributed by atoms with Crippen molar-refractivity contribution < 1.29 is 9.59 Å². The molecule has 0 radical (unpaired) electrons. The van der Waals surface area contributed by atoms with Crippen LogP contribution in [-0.4, -0.2) is 35.8 Å². The van der Waals surface area contributed by atoms with Crippen LogP contribution in [0, 0.1) is 5.92 Å². The molecule has 0 aromatic carbocycles. The van der Waals surface area contributed by atoms with E-state index in [2.05, 4.69) is 0 Å². The number of carbonyl (C=O) groups is 2. The van der Waals surface area contributed by atoms with Crippen molar-refractivity contribution in [2.75, 3.05) is 13.1 Å². The third kappa shape index (κ3) is 5.37. The van der Waals surface area contributed by atoms with Crippen LogP contribution in [0.1, 0.15) is 27.2 Å². The molecule has 1 unspecified atom stereocenters. The summed E-state index contributed by atoms with van der Waals surface area (Å²) in [6, 6.07) is -0.804. The van der Waals surface area contributed by atoms with Crippen LogP contribution in [0.3, 0.4) is 0 Å². The van der Waals surface area contributed by atoms with E-state index in [1.807, 2.05) is 20.8 Å². The molecule has 0 saturated heterocycles. The zero-order chi connectivity index (χ0) is 12.0. The zero-order valence-corrected chi connectivity index (χ0v) is 9.69. The van der Waals surface area contributed by atoms with Crippen molar-refractivity contribution in [1.29, 1.82) is 0 Å². The van der Waals surface area contributed by atoms with E-state index in [0.717, 1.165) is 0 Å². The molecule has 0 aromatic rings. The van der Waals surface area contributed by atoms with Gasteiger partial charge in [-0.1, -0.05) is 13.8 Å². The van der Waals surface area contributed by atoms with Crippen LogP contribution in [0.2, 0.25) is 0 Å². The van der Waals surface area contributed by atoms with Crippen LogP contribution in [0.25, 0.3) is 0 Å². The topological polar surface area (TPSA) is 89.4 Å². The Balaban J connectivity index is 4.30. The fourth-order valence-corrected chi connectivity index (χ4v) is 1.35. The molecule has 2 amide bonds. The molecule has 5 heteroatoms. The summed E-state index contributed by atoms with van der Waals surface area (Å²) in [4.78, 5) is 24.0. The number of nitrogens with two attached hydrogens (primary N) is 2. The molecule has 0 bridgehead atoms. The second-order valence-electron chi connectivity index (χ2n) is 4.05. The summed E-state index contributed by atoms with van der Waals surface area (Å²) < 4.78 is 0. The first-order valence-corrected chi connectivity index (χ1v) is 5.21. The van der Waals surface area contributed by atoms with Gasteiger partial charge in [0.05, 0.1) is 12.5 Å². The van der Waals surface area contributed by atoms with E-state index in [0.29, 0.717) is 19.0 Å². The molecule has 15 heavy (non-hydrogen) atoms. The van der Waals surface area contributed by atoms with Crippen molar-refractivity contribution >= 4 is 11.8 Å². The van der Waals surface area contributed by atoms with Crippen molar-refractivity contribution in [2.24, 2.45) is 17.4 Å². The summed E-state index contributed by atoms with van der Waals surface area (Å²) in [5.41, 5.74) is 10.6. The van der Waals surface area contributed by atoms with Crippen molar-refractivity contribution in [3.8, 4) is 0 Å². The maximum absolute atomic E-state index is 11.7. The summed E-state index contributed by atoms with van der Waals surface area (Å²) in [6.07, 6.45) is -0.0899. The van der Waals surface area contributed by atoms with Gasteiger partial charge in [-0.2, -0.15) is 0 Å². The summed E-state index contributed by atoms with van der Waals surface area (Å²) in [5.74, 6) is -0.365. The van der Waals surface area contributed by atoms with Crippen LogP contribution in [0.5, 0.6) is 0 Å². The average Bonchev–Trinajstić information content (AvgIpc) is 2.11. The number of primary amides is 1. The normalized spacial score (nSPS) is 12.6. The molecule has 1 atom stereocenters. The molecule has 0 aliphatic carbocycles. The Morgan fingerprint density at radius 3 is 2.20 bits per heavy atom. The highest BCUT2D eigenvalue weighted by Gasteiger charge is 2.21. The molecule has 88 valence electrons. The fraction of sp³-hybridized carbons (Fsp3) is 0.800. The van der Waals surface area contributed by atoms with Gasteiger partial charge in [0.15, 0.2) is 0 Å². The van der Waals surface area contributed by atoms with Crippen LogP contribution >= 0.6 is 0 Å². The lowest BCUT2D eigenvalue weighted by Crippen LogP contribution is -2.46. The van der Waals surface area contributed by atoms with Gasteiger partial charge in [-0.05, 0) is 12.8 Å². The monoisotopic (exact) mass is 215 g/mol.